The van der Waals surface area contributed by atoms with Crippen LogP contribution in [0.25, 0.3) is 0 Å². The van der Waals surface area contributed by atoms with Gasteiger partial charge in [-0.25, -0.2) is 4.79 Å². The Morgan fingerprint density at radius 3 is 2.48 bits per heavy atom. The summed E-state index contributed by atoms with van der Waals surface area (Å²) < 4.78 is 9.86. The van der Waals surface area contributed by atoms with Crippen LogP contribution in [0.1, 0.15) is 10.4 Å². The number of benzene rings is 2. The van der Waals surface area contributed by atoms with Crippen LogP contribution in [0.15, 0.2) is 42.5 Å². The second-order valence-corrected chi connectivity index (χ2v) is 5.21. The van der Waals surface area contributed by atoms with Gasteiger partial charge in [0.1, 0.15) is 11.3 Å². The van der Waals surface area contributed by atoms with Crippen LogP contribution in [0, 0.1) is 10.1 Å². The summed E-state index contributed by atoms with van der Waals surface area (Å²) in [6.45, 7) is -0.562. The molecule has 2 aromatic rings. The molecule has 0 bridgehead atoms. The van der Waals surface area contributed by atoms with Crippen LogP contribution in [0.4, 0.5) is 11.4 Å². The first-order chi connectivity index (χ1) is 11.9. The number of carbonyl (C=O) groups is 2. The largest absolute Gasteiger partial charge is 0.496 e. The molecule has 0 aliphatic rings. The van der Waals surface area contributed by atoms with E-state index < -0.39 is 23.4 Å². The number of rotatable bonds is 6. The fourth-order valence-corrected chi connectivity index (χ4v) is 2.03. The van der Waals surface area contributed by atoms with Gasteiger partial charge in [-0.05, 0) is 30.3 Å². The molecule has 0 aliphatic carbocycles. The fraction of sp³-hybridized carbons (Fsp3) is 0.125. The highest BCUT2D eigenvalue weighted by Gasteiger charge is 2.19. The Hall–Kier alpha value is -3.13. The zero-order chi connectivity index (χ0) is 18.4. The molecular weight excluding hydrogens is 352 g/mol. The van der Waals surface area contributed by atoms with E-state index in [0.717, 1.165) is 6.07 Å². The Labute approximate surface area is 147 Å². The van der Waals surface area contributed by atoms with Crippen LogP contribution in [-0.2, 0) is 9.53 Å². The lowest BCUT2D eigenvalue weighted by Crippen LogP contribution is -2.21. The molecule has 8 nitrogen and oxygen atoms in total. The molecule has 0 aliphatic heterocycles. The van der Waals surface area contributed by atoms with Gasteiger partial charge in [-0.3, -0.25) is 14.9 Å². The topological polar surface area (TPSA) is 108 Å². The van der Waals surface area contributed by atoms with Gasteiger partial charge in [-0.15, -0.1) is 0 Å². The molecule has 1 amide bonds. The van der Waals surface area contributed by atoms with Crippen molar-refractivity contribution in [3.8, 4) is 5.75 Å². The van der Waals surface area contributed by atoms with E-state index in [0.29, 0.717) is 10.7 Å². The van der Waals surface area contributed by atoms with Crippen molar-refractivity contribution in [3.63, 3.8) is 0 Å². The van der Waals surface area contributed by atoms with Gasteiger partial charge in [-0.2, -0.15) is 0 Å². The maximum absolute atomic E-state index is 12.1. The van der Waals surface area contributed by atoms with E-state index in [1.807, 2.05) is 0 Å². The summed E-state index contributed by atoms with van der Waals surface area (Å²) in [5.74, 6) is -1.37. The van der Waals surface area contributed by atoms with E-state index in [4.69, 9.17) is 21.1 Å². The number of hydrogen-bond donors (Lipinski definition) is 1. The summed E-state index contributed by atoms with van der Waals surface area (Å²) in [6, 6.07) is 9.87. The van der Waals surface area contributed by atoms with Gasteiger partial charge in [0.2, 0.25) is 0 Å². The minimum absolute atomic E-state index is 0.105. The normalized spacial score (nSPS) is 10.0. The van der Waals surface area contributed by atoms with Crippen LogP contribution >= 0.6 is 11.6 Å². The lowest BCUT2D eigenvalue weighted by atomic mass is 10.2. The Balaban J connectivity index is 2.01. The number of hydrogen-bond acceptors (Lipinski definition) is 6. The molecule has 2 rings (SSSR count). The molecule has 0 saturated carbocycles. The lowest BCUT2D eigenvalue weighted by Gasteiger charge is -2.09. The number of anilines is 1. The number of non-ortho nitro benzene ring substituents is 1. The maximum atomic E-state index is 12.1. The number of carbonyl (C=O) groups excluding carboxylic acids is 2. The number of amides is 1. The predicted octanol–water partition coefficient (Wildman–Crippen LogP) is 3.05. The molecule has 9 heteroatoms. The van der Waals surface area contributed by atoms with Gasteiger partial charge in [0, 0.05) is 22.8 Å². The number of methoxy groups -OCH3 is 1. The van der Waals surface area contributed by atoms with Crippen molar-refractivity contribution in [1.82, 2.24) is 0 Å². The standard InChI is InChI=1S/C16H13ClN2O6/c1-24-14-7-6-12(19(22)23)8-13(14)16(21)25-9-15(20)18-11-4-2-10(17)3-5-11/h2-8H,9H2,1H3,(H,18,20). The van der Waals surface area contributed by atoms with E-state index in [-0.39, 0.29) is 17.0 Å². The van der Waals surface area contributed by atoms with Crippen molar-refractivity contribution >= 4 is 34.9 Å². The molecular formula is C16H13ClN2O6. The van der Waals surface area contributed by atoms with Crippen LogP contribution in [0.2, 0.25) is 5.02 Å². The molecule has 25 heavy (non-hydrogen) atoms. The molecule has 0 spiro atoms. The van der Waals surface area contributed by atoms with E-state index >= 15 is 0 Å². The first-order valence-electron chi connectivity index (χ1n) is 6.95. The molecule has 130 valence electrons. The molecule has 0 atom stereocenters. The first kappa shape index (κ1) is 18.2. The Morgan fingerprint density at radius 1 is 1.20 bits per heavy atom. The van der Waals surface area contributed by atoms with Crippen LogP contribution < -0.4 is 10.1 Å². The van der Waals surface area contributed by atoms with E-state index in [9.17, 15) is 19.7 Å². The molecule has 0 saturated heterocycles. The van der Waals surface area contributed by atoms with Gasteiger partial charge in [0.15, 0.2) is 6.61 Å². The highest BCUT2D eigenvalue weighted by Crippen LogP contribution is 2.24. The highest BCUT2D eigenvalue weighted by atomic mass is 35.5. The van der Waals surface area contributed by atoms with Crippen molar-refractivity contribution in [2.24, 2.45) is 0 Å². The smallest absolute Gasteiger partial charge is 0.342 e. The maximum Gasteiger partial charge on any atom is 0.342 e. The van der Waals surface area contributed by atoms with Crippen LogP contribution in [0.5, 0.6) is 5.75 Å². The molecule has 0 aromatic heterocycles. The molecule has 0 unspecified atom stereocenters. The first-order valence-corrected chi connectivity index (χ1v) is 7.33. The summed E-state index contributed by atoms with van der Waals surface area (Å²) >= 11 is 5.74. The fourth-order valence-electron chi connectivity index (χ4n) is 1.91. The van der Waals surface area contributed by atoms with Crippen LogP contribution in [0.3, 0.4) is 0 Å². The summed E-state index contributed by atoms with van der Waals surface area (Å²) in [5.41, 5.74) is 0.0488. The average molecular weight is 365 g/mol. The third-order valence-corrected chi connectivity index (χ3v) is 3.33. The zero-order valence-corrected chi connectivity index (χ0v) is 13.8. The zero-order valence-electron chi connectivity index (χ0n) is 13.0. The third kappa shape index (κ3) is 4.92. The van der Waals surface area contributed by atoms with Gasteiger partial charge in [0.05, 0.1) is 12.0 Å². The van der Waals surface area contributed by atoms with Gasteiger partial charge in [-0.1, -0.05) is 11.6 Å². The average Bonchev–Trinajstić information content (AvgIpc) is 2.61. The molecule has 0 fully saturated rings. The van der Waals surface area contributed by atoms with Crippen molar-refractivity contribution in [3.05, 3.63) is 63.2 Å². The molecule has 2 aromatic carbocycles. The van der Waals surface area contributed by atoms with E-state index in [2.05, 4.69) is 5.32 Å². The highest BCUT2D eigenvalue weighted by molar-refractivity contribution is 6.30. The lowest BCUT2D eigenvalue weighted by molar-refractivity contribution is -0.384. The minimum atomic E-state index is -0.910. The third-order valence-electron chi connectivity index (χ3n) is 3.08. The quantitative estimate of drug-likeness (QED) is 0.479. The van der Waals surface area contributed by atoms with Crippen LogP contribution in [-0.4, -0.2) is 30.5 Å². The monoisotopic (exact) mass is 364 g/mol. The minimum Gasteiger partial charge on any atom is -0.496 e. The summed E-state index contributed by atoms with van der Waals surface area (Å²) in [7, 11) is 1.31. The number of ether oxygens (including phenoxy) is 2. The van der Waals surface area contributed by atoms with Gasteiger partial charge in [0.25, 0.3) is 11.6 Å². The number of nitro benzene ring substituents is 1. The molecule has 0 heterocycles. The second kappa shape index (κ2) is 8.11. The van der Waals surface area contributed by atoms with E-state index in [1.54, 1.807) is 24.3 Å². The van der Waals surface area contributed by atoms with Crippen molar-refractivity contribution < 1.29 is 24.0 Å². The van der Waals surface area contributed by atoms with Crippen molar-refractivity contribution in [2.45, 2.75) is 0 Å². The van der Waals surface area contributed by atoms with E-state index in [1.165, 1.54) is 19.2 Å². The number of halogens is 1. The number of nitrogens with one attached hydrogen (secondary N) is 1. The predicted molar refractivity (Wildman–Crippen MR) is 90.0 cm³/mol. The summed E-state index contributed by atoms with van der Waals surface area (Å²) in [5, 5.41) is 13.8. The molecule has 0 radical (unpaired) electrons. The number of nitro groups is 1. The van der Waals surface area contributed by atoms with Crippen molar-refractivity contribution in [2.75, 3.05) is 19.0 Å². The van der Waals surface area contributed by atoms with Crippen molar-refractivity contribution in [1.29, 1.82) is 0 Å². The summed E-state index contributed by atoms with van der Waals surface area (Å²) in [4.78, 5) is 34.0. The Morgan fingerprint density at radius 2 is 1.88 bits per heavy atom. The number of esters is 1. The molecule has 1 N–H and O–H groups in total. The SMILES string of the molecule is COc1ccc([N+](=O)[O-])cc1C(=O)OCC(=O)Nc1ccc(Cl)cc1. The Bertz CT molecular complexity index is 807. The summed E-state index contributed by atoms with van der Waals surface area (Å²) in [6.07, 6.45) is 0. The second-order valence-electron chi connectivity index (χ2n) is 4.77. The van der Waals surface area contributed by atoms with Gasteiger partial charge < -0.3 is 14.8 Å². The Kier molecular flexibility index (Phi) is 5.91. The van der Waals surface area contributed by atoms with Gasteiger partial charge >= 0.3 is 5.97 Å². The number of nitrogens with zero attached hydrogens (tertiary/aromatic N) is 1.